The standard InChI is InChI=1S/C11H17.C5H5.Fe/c1-2-3-4-5-8-11-9-6-7-10-11;1-2-4-5-3-1;/h6-7,9-10H,2-5,8H2,1H3;1-5H;/q2*-1;+2. The molecule has 0 bridgehead atoms. The fourth-order valence-corrected chi connectivity index (χ4v) is 1.66. The summed E-state index contributed by atoms with van der Waals surface area (Å²) >= 11 is 0. The first-order chi connectivity index (χ1) is 7.93. The van der Waals surface area contributed by atoms with E-state index in [9.17, 15) is 0 Å². The van der Waals surface area contributed by atoms with Crippen molar-refractivity contribution in [3.63, 3.8) is 0 Å². The molecule has 0 saturated carbocycles. The molecule has 0 spiro atoms. The molecular weight excluding hydrogens is 248 g/mol. The first-order valence-electron chi connectivity index (χ1n) is 6.30. The molecule has 0 saturated heterocycles. The van der Waals surface area contributed by atoms with Gasteiger partial charge in [0.1, 0.15) is 0 Å². The van der Waals surface area contributed by atoms with Gasteiger partial charge in [-0.15, -0.1) is 0 Å². The maximum Gasteiger partial charge on any atom is 2.00 e. The summed E-state index contributed by atoms with van der Waals surface area (Å²) < 4.78 is 0. The van der Waals surface area contributed by atoms with Gasteiger partial charge in [-0.1, -0.05) is 39.0 Å². The van der Waals surface area contributed by atoms with Crippen LogP contribution in [0.25, 0.3) is 0 Å². The summed E-state index contributed by atoms with van der Waals surface area (Å²) in [4.78, 5) is 0. The normalized spacial score (nSPS) is 9.00. The summed E-state index contributed by atoms with van der Waals surface area (Å²) in [6, 6.07) is 18.7. The second-order valence-corrected chi connectivity index (χ2v) is 4.07. The SMILES string of the molecule is CCCCCC[c-]1cccc1.[Fe+2].c1cc[cH-]c1. The molecule has 1 heteroatoms. The Labute approximate surface area is 116 Å². The Kier molecular flexibility index (Phi) is 11.2. The van der Waals surface area contributed by atoms with Crippen LogP contribution in [-0.2, 0) is 23.5 Å². The molecule has 2 aromatic rings. The van der Waals surface area contributed by atoms with Gasteiger partial charge >= 0.3 is 17.1 Å². The third kappa shape index (κ3) is 8.97. The van der Waals surface area contributed by atoms with Gasteiger partial charge in [-0.25, -0.2) is 24.3 Å². The molecule has 0 aromatic heterocycles. The van der Waals surface area contributed by atoms with E-state index in [4.69, 9.17) is 0 Å². The molecule has 0 aliphatic carbocycles. The van der Waals surface area contributed by atoms with Crippen LogP contribution in [0.3, 0.4) is 0 Å². The van der Waals surface area contributed by atoms with Gasteiger partial charge in [0.25, 0.3) is 0 Å². The Morgan fingerprint density at radius 1 is 0.882 bits per heavy atom. The second kappa shape index (κ2) is 11.7. The summed E-state index contributed by atoms with van der Waals surface area (Å²) in [5.74, 6) is 0. The molecule has 0 N–H and O–H groups in total. The topological polar surface area (TPSA) is 0 Å². The zero-order valence-electron chi connectivity index (χ0n) is 10.6. The van der Waals surface area contributed by atoms with E-state index in [1.165, 1.54) is 37.7 Å². The Morgan fingerprint density at radius 2 is 1.53 bits per heavy atom. The molecule has 0 atom stereocenters. The van der Waals surface area contributed by atoms with Crippen molar-refractivity contribution < 1.29 is 17.1 Å². The number of hydrogen-bond donors (Lipinski definition) is 0. The van der Waals surface area contributed by atoms with Crippen molar-refractivity contribution in [3.05, 3.63) is 60.2 Å². The van der Waals surface area contributed by atoms with E-state index in [0.29, 0.717) is 0 Å². The van der Waals surface area contributed by atoms with Crippen LogP contribution in [0.1, 0.15) is 38.2 Å². The molecule has 94 valence electrons. The predicted octanol–water partition coefficient (Wildman–Crippen LogP) is 4.93. The van der Waals surface area contributed by atoms with Crippen molar-refractivity contribution in [3.8, 4) is 0 Å². The van der Waals surface area contributed by atoms with Gasteiger partial charge in [0.05, 0.1) is 0 Å². The Hall–Kier alpha value is -0.781. The molecule has 0 unspecified atom stereocenters. The van der Waals surface area contributed by atoms with E-state index in [1.54, 1.807) is 0 Å². The quantitative estimate of drug-likeness (QED) is 0.410. The van der Waals surface area contributed by atoms with Crippen molar-refractivity contribution in [2.24, 2.45) is 0 Å². The molecule has 0 radical (unpaired) electrons. The van der Waals surface area contributed by atoms with Crippen molar-refractivity contribution >= 4 is 0 Å². The van der Waals surface area contributed by atoms with Gasteiger partial charge in [-0.05, 0) is 0 Å². The van der Waals surface area contributed by atoms with E-state index < -0.39 is 0 Å². The van der Waals surface area contributed by atoms with Crippen LogP contribution in [0.5, 0.6) is 0 Å². The van der Waals surface area contributed by atoms with E-state index in [0.717, 1.165) is 0 Å². The van der Waals surface area contributed by atoms with Gasteiger partial charge in [-0.2, -0.15) is 35.9 Å². The zero-order valence-corrected chi connectivity index (χ0v) is 11.7. The molecule has 2 rings (SSSR count). The average molecular weight is 270 g/mol. The summed E-state index contributed by atoms with van der Waals surface area (Å²) in [7, 11) is 0. The molecule has 17 heavy (non-hydrogen) atoms. The Morgan fingerprint density at radius 3 is 2.00 bits per heavy atom. The molecule has 0 aliphatic heterocycles. The Bertz CT molecular complexity index is 288. The van der Waals surface area contributed by atoms with Gasteiger partial charge in [0, 0.05) is 0 Å². The smallest absolute Gasteiger partial charge is 0.214 e. The first-order valence-corrected chi connectivity index (χ1v) is 6.30. The van der Waals surface area contributed by atoms with Crippen molar-refractivity contribution in [2.75, 3.05) is 0 Å². The maximum absolute atomic E-state index is 2.25. The van der Waals surface area contributed by atoms with E-state index >= 15 is 0 Å². The van der Waals surface area contributed by atoms with Crippen LogP contribution in [0.4, 0.5) is 0 Å². The number of hydrogen-bond acceptors (Lipinski definition) is 0. The fourth-order valence-electron chi connectivity index (χ4n) is 1.66. The molecule has 2 aromatic carbocycles. The Balaban J connectivity index is 0.000000360. The molecule has 0 aliphatic rings. The number of rotatable bonds is 5. The molecular formula is C16H22Fe. The van der Waals surface area contributed by atoms with Crippen LogP contribution >= 0.6 is 0 Å². The van der Waals surface area contributed by atoms with Crippen molar-refractivity contribution in [1.82, 2.24) is 0 Å². The third-order valence-corrected chi connectivity index (χ3v) is 2.61. The third-order valence-electron chi connectivity index (χ3n) is 2.61. The van der Waals surface area contributed by atoms with Crippen molar-refractivity contribution in [1.29, 1.82) is 0 Å². The summed E-state index contributed by atoms with van der Waals surface area (Å²) in [6.45, 7) is 2.25. The minimum atomic E-state index is 0. The van der Waals surface area contributed by atoms with Crippen LogP contribution in [-0.4, -0.2) is 0 Å². The monoisotopic (exact) mass is 270 g/mol. The maximum atomic E-state index is 2.25. The van der Waals surface area contributed by atoms with Crippen LogP contribution in [0.15, 0.2) is 54.6 Å². The van der Waals surface area contributed by atoms with E-state index in [1.807, 2.05) is 30.3 Å². The summed E-state index contributed by atoms with van der Waals surface area (Å²) in [5.41, 5.74) is 1.50. The summed E-state index contributed by atoms with van der Waals surface area (Å²) in [6.07, 6.45) is 6.74. The predicted molar refractivity (Wildman–Crippen MR) is 71.9 cm³/mol. The first kappa shape index (κ1) is 16.2. The molecule has 0 heterocycles. The van der Waals surface area contributed by atoms with Crippen LogP contribution in [0, 0.1) is 0 Å². The molecule has 0 amide bonds. The number of aryl methyl sites for hydroxylation is 1. The average Bonchev–Trinajstić information content (AvgIpc) is 2.99. The second-order valence-electron chi connectivity index (χ2n) is 4.07. The van der Waals surface area contributed by atoms with Crippen LogP contribution in [0.2, 0.25) is 0 Å². The molecule has 0 fully saturated rings. The van der Waals surface area contributed by atoms with Gasteiger partial charge in [-0.3, -0.25) is 0 Å². The zero-order chi connectivity index (χ0) is 11.5. The largest absolute Gasteiger partial charge is 2.00 e. The van der Waals surface area contributed by atoms with E-state index in [-0.39, 0.29) is 17.1 Å². The fraction of sp³-hybridized carbons (Fsp3) is 0.375. The van der Waals surface area contributed by atoms with E-state index in [2.05, 4.69) is 31.2 Å². The summed E-state index contributed by atoms with van der Waals surface area (Å²) in [5, 5.41) is 0. The molecule has 0 nitrogen and oxygen atoms in total. The van der Waals surface area contributed by atoms with Crippen molar-refractivity contribution in [2.45, 2.75) is 39.0 Å². The van der Waals surface area contributed by atoms with Gasteiger partial charge < -0.3 is 0 Å². The van der Waals surface area contributed by atoms with Gasteiger partial charge in [0.2, 0.25) is 0 Å². The number of unbranched alkanes of at least 4 members (excludes halogenated alkanes) is 3. The minimum Gasteiger partial charge on any atom is -0.214 e. The van der Waals surface area contributed by atoms with Gasteiger partial charge in [0.15, 0.2) is 0 Å². The minimum absolute atomic E-state index is 0. The van der Waals surface area contributed by atoms with Crippen LogP contribution < -0.4 is 0 Å².